The molecule has 2 aliphatic rings. The third-order valence-electron chi connectivity index (χ3n) is 4.41. The van der Waals surface area contributed by atoms with E-state index in [9.17, 15) is 5.11 Å². The lowest BCUT2D eigenvalue weighted by atomic mass is 9.83. The predicted octanol–water partition coefficient (Wildman–Crippen LogP) is 2.70. The molecule has 1 N–H and O–H groups in total. The fourth-order valence-corrected chi connectivity index (χ4v) is 3.59. The average Bonchev–Trinajstić information content (AvgIpc) is 2.85. The number of nitrogens with zero attached hydrogens (tertiary/aromatic N) is 4. The summed E-state index contributed by atoms with van der Waals surface area (Å²) in [6.07, 6.45) is 8.86. The molecular weight excluding hydrogens is 228 g/mol. The summed E-state index contributed by atoms with van der Waals surface area (Å²) >= 11 is 0. The minimum Gasteiger partial charge on any atom is -0.392 e. The Labute approximate surface area is 109 Å². The van der Waals surface area contributed by atoms with Crippen LogP contribution in [0.1, 0.15) is 44.9 Å². The Balaban J connectivity index is 1.84. The smallest absolute Gasteiger partial charge is 0.0723 e. The largest absolute Gasteiger partial charge is 0.392 e. The lowest BCUT2D eigenvalue weighted by molar-refractivity contribution is 0.0847. The number of hydrogen-bond donors (Lipinski definition) is 1. The molecule has 1 saturated carbocycles. The first-order valence-electron chi connectivity index (χ1n) is 7.24. The molecule has 0 aromatic rings. The molecule has 2 fully saturated rings. The van der Waals surface area contributed by atoms with E-state index in [2.05, 4.69) is 14.9 Å². The van der Waals surface area contributed by atoms with Crippen LogP contribution >= 0.6 is 0 Å². The van der Waals surface area contributed by atoms with Crippen molar-refractivity contribution in [3.05, 3.63) is 10.4 Å². The van der Waals surface area contributed by atoms with Gasteiger partial charge in [-0.15, -0.1) is 0 Å². The highest BCUT2D eigenvalue weighted by Gasteiger charge is 2.32. The monoisotopic (exact) mass is 252 g/mol. The number of hydrogen-bond acceptors (Lipinski definition) is 3. The zero-order valence-corrected chi connectivity index (χ0v) is 11.0. The third kappa shape index (κ3) is 3.61. The molecule has 1 unspecified atom stereocenters. The molecule has 5 heteroatoms. The van der Waals surface area contributed by atoms with E-state index in [1.807, 2.05) is 0 Å². The highest BCUT2D eigenvalue weighted by molar-refractivity contribution is 4.87. The number of aliphatic hydroxyl groups excluding tert-OH is 1. The lowest BCUT2D eigenvalue weighted by Gasteiger charge is -2.34. The Bertz CT molecular complexity index is 297. The molecule has 2 rings (SSSR count). The van der Waals surface area contributed by atoms with Crippen LogP contribution in [0.15, 0.2) is 5.11 Å². The van der Waals surface area contributed by atoms with Gasteiger partial charge >= 0.3 is 0 Å². The maximum absolute atomic E-state index is 9.85. The second-order valence-corrected chi connectivity index (χ2v) is 5.67. The summed E-state index contributed by atoms with van der Waals surface area (Å²) in [5, 5.41) is 13.3. The molecule has 18 heavy (non-hydrogen) atoms. The molecule has 0 aromatic carbocycles. The molecule has 0 aromatic heterocycles. The van der Waals surface area contributed by atoms with Gasteiger partial charge in [-0.05, 0) is 43.7 Å². The highest BCUT2D eigenvalue weighted by Crippen LogP contribution is 2.34. The van der Waals surface area contributed by atoms with E-state index < -0.39 is 6.10 Å². The summed E-state index contributed by atoms with van der Waals surface area (Å²) in [4.78, 5) is 5.13. The number of aliphatic hydroxyl groups is 1. The van der Waals surface area contributed by atoms with Crippen LogP contribution in [0, 0.1) is 5.92 Å². The van der Waals surface area contributed by atoms with Gasteiger partial charge in [0.05, 0.1) is 12.6 Å². The Hall–Kier alpha value is -0.770. The minimum atomic E-state index is -0.509. The fourth-order valence-electron chi connectivity index (χ4n) is 3.59. The Morgan fingerprint density at radius 3 is 2.72 bits per heavy atom. The van der Waals surface area contributed by atoms with E-state index in [-0.39, 0.29) is 6.54 Å². The molecule has 0 spiro atoms. The molecule has 2 atom stereocenters. The van der Waals surface area contributed by atoms with Crippen LogP contribution in [0.5, 0.6) is 0 Å². The average molecular weight is 252 g/mol. The maximum Gasteiger partial charge on any atom is 0.0723 e. The summed E-state index contributed by atoms with van der Waals surface area (Å²) in [5.74, 6) is 0.827. The predicted molar refractivity (Wildman–Crippen MR) is 71.2 cm³/mol. The van der Waals surface area contributed by atoms with Gasteiger partial charge in [-0.1, -0.05) is 24.4 Å². The first-order valence-corrected chi connectivity index (χ1v) is 7.24. The van der Waals surface area contributed by atoms with E-state index >= 15 is 0 Å². The lowest BCUT2D eigenvalue weighted by Crippen LogP contribution is -2.41. The first kappa shape index (κ1) is 13.7. The van der Waals surface area contributed by atoms with E-state index in [0.717, 1.165) is 12.5 Å². The van der Waals surface area contributed by atoms with Gasteiger partial charge in [0, 0.05) is 17.5 Å². The van der Waals surface area contributed by atoms with Crippen LogP contribution in [-0.2, 0) is 0 Å². The van der Waals surface area contributed by atoms with Crippen molar-refractivity contribution < 1.29 is 5.11 Å². The standard InChI is InChI=1S/C13H24N4O/c14-16-15-9-12(18)10-17-8-4-7-13(17)11-5-2-1-3-6-11/h11-13,18H,1-10H2/t12-,13?/m0/s1. The van der Waals surface area contributed by atoms with Gasteiger partial charge in [0.25, 0.3) is 0 Å². The van der Waals surface area contributed by atoms with Crippen LogP contribution in [-0.4, -0.2) is 41.8 Å². The van der Waals surface area contributed by atoms with E-state index in [1.54, 1.807) is 0 Å². The van der Waals surface area contributed by atoms with Gasteiger partial charge in [0.1, 0.15) is 0 Å². The van der Waals surface area contributed by atoms with E-state index in [4.69, 9.17) is 5.53 Å². The molecule has 1 saturated heterocycles. The van der Waals surface area contributed by atoms with Crippen LogP contribution in [0.2, 0.25) is 0 Å². The number of azide groups is 1. The minimum absolute atomic E-state index is 0.199. The second kappa shape index (κ2) is 6.98. The van der Waals surface area contributed by atoms with Gasteiger partial charge in [0.15, 0.2) is 0 Å². The van der Waals surface area contributed by atoms with Crippen molar-refractivity contribution in [3.63, 3.8) is 0 Å². The Morgan fingerprint density at radius 2 is 2.00 bits per heavy atom. The molecule has 1 heterocycles. The van der Waals surface area contributed by atoms with Crippen LogP contribution in [0.3, 0.4) is 0 Å². The summed E-state index contributed by atoms with van der Waals surface area (Å²) in [6, 6.07) is 0.658. The molecule has 1 aliphatic heterocycles. The van der Waals surface area contributed by atoms with Crippen molar-refractivity contribution in [1.82, 2.24) is 4.90 Å². The van der Waals surface area contributed by atoms with E-state index in [0.29, 0.717) is 12.6 Å². The first-order chi connectivity index (χ1) is 8.81. The van der Waals surface area contributed by atoms with E-state index in [1.165, 1.54) is 44.9 Å². The van der Waals surface area contributed by atoms with Crippen molar-refractivity contribution in [3.8, 4) is 0 Å². The number of likely N-dealkylation sites (tertiary alicyclic amines) is 1. The van der Waals surface area contributed by atoms with Gasteiger partial charge in [-0.3, -0.25) is 4.90 Å². The van der Waals surface area contributed by atoms with Gasteiger partial charge in [-0.2, -0.15) is 0 Å². The van der Waals surface area contributed by atoms with Crippen molar-refractivity contribution in [2.45, 2.75) is 57.1 Å². The second-order valence-electron chi connectivity index (χ2n) is 5.67. The SMILES string of the molecule is [N-]=[N+]=NC[C@H](O)CN1CCCC1C1CCCCC1. The molecule has 1 aliphatic carbocycles. The summed E-state index contributed by atoms with van der Waals surface area (Å²) < 4.78 is 0. The molecule has 5 nitrogen and oxygen atoms in total. The molecule has 0 amide bonds. The van der Waals surface area contributed by atoms with Crippen molar-refractivity contribution in [2.24, 2.45) is 11.0 Å². The zero-order chi connectivity index (χ0) is 12.8. The number of rotatable bonds is 5. The summed E-state index contributed by atoms with van der Waals surface area (Å²) in [6.45, 7) is 1.96. The molecule has 0 bridgehead atoms. The van der Waals surface area contributed by atoms with Crippen LogP contribution in [0.25, 0.3) is 10.4 Å². The highest BCUT2D eigenvalue weighted by atomic mass is 16.3. The topological polar surface area (TPSA) is 72.2 Å². The summed E-state index contributed by atoms with van der Waals surface area (Å²) in [5.41, 5.74) is 8.27. The molecular formula is C13H24N4O. The Morgan fingerprint density at radius 1 is 1.22 bits per heavy atom. The molecule has 0 radical (unpaired) electrons. The van der Waals surface area contributed by atoms with Crippen molar-refractivity contribution in [1.29, 1.82) is 0 Å². The zero-order valence-electron chi connectivity index (χ0n) is 11.0. The van der Waals surface area contributed by atoms with Crippen LogP contribution in [0.4, 0.5) is 0 Å². The molecule has 102 valence electrons. The number of β-amino-alcohol motifs (C(OH)–C–C–N with tert-alkyl or cyclic N) is 1. The van der Waals surface area contributed by atoms with Crippen molar-refractivity contribution in [2.75, 3.05) is 19.6 Å². The fraction of sp³-hybridized carbons (Fsp3) is 1.00. The summed E-state index contributed by atoms with van der Waals surface area (Å²) in [7, 11) is 0. The van der Waals surface area contributed by atoms with Crippen molar-refractivity contribution >= 4 is 0 Å². The third-order valence-corrected chi connectivity index (χ3v) is 4.41. The quantitative estimate of drug-likeness (QED) is 0.464. The van der Waals surface area contributed by atoms with Gasteiger partial charge in [0.2, 0.25) is 0 Å². The van der Waals surface area contributed by atoms with Gasteiger partial charge in [-0.25, -0.2) is 0 Å². The maximum atomic E-state index is 9.85. The van der Waals surface area contributed by atoms with Crippen LogP contribution < -0.4 is 0 Å². The van der Waals surface area contributed by atoms with Gasteiger partial charge < -0.3 is 5.11 Å². The normalized spacial score (nSPS) is 27.9. The Kier molecular flexibility index (Phi) is 5.29.